The van der Waals surface area contributed by atoms with E-state index in [-0.39, 0.29) is 5.91 Å². The van der Waals surface area contributed by atoms with E-state index in [1.165, 1.54) is 5.56 Å². The smallest absolute Gasteiger partial charge is 0.254 e. The molecule has 1 fully saturated rings. The number of nitrogens with zero attached hydrogens (tertiary/aromatic N) is 5. The maximum atomic E-state index is 12.8. The molecule has 158 valence electrons. The van der Waals surface area contributed by atoms with Crippen LogP contribution in [0.1, 0.15) is 21.6 Å². The number of aromatic nitrogens is 3. The average molecular weight is 452 g/mol. The van der Waals surface area contributed by atoms with E-state index in [4.69, 9.17) is 21.7 Å². The second kappa shape index (κ2) is 7.98. The second-order valence-electron chi connectivity index (χ2n) is 7.77. The Morgan fingerprint density at radius 3 is 2.48 bits per heavy atom. The van der Waals surface area contributed by atoms with Gasteiger partial charge in [-0.3, -0.25) is 4.79 Å². The van der Waals surface area contributed by atoms with Crippen molar-refractivity contribution in [1.82, 2.24) is 19.7 Å². The number of amides is 1. The van der Waals surface area contributed by atoms with Crippen LogP contribution in [-0.4, -0.2) is 51.8 Å². The highest BCUT2D eigenvalue weighted by Crippen LogP contribution is 2.33. The van der Waals surface area contributed by atoms with E-state index in [0.717, 1.165) is 39.9 Å². The molecule has 0 radical (unpaired) electrons. The first-order valence-corrected chi connectivity index (χ1v) is 11.4. The summed E-state index contributed by atoms with van der Waals surface area (Å²) in [6.45, 7) is 6.91. The van der Waals surface area contributed by atoms with Crippen molar-refractivity contribution < 1.29 is 4.79 Å². The highest BCUT2D eigenvalue weighted by molar-refractivity contribution is 7.22. The minimum Gasteiger partial charge on any atom is -0.344 e. The van der Waals surface area contributed by atoms with Gasteiger partial charge in [-0.25, -0.2) is 4.68 Å². The molecule has 0 atom stereocenters. The van der Waals surface area contributed by atoms with Gasteiger partial charge >= 0.3 is 0 Å². The minimum absolute atomic E-state index is 0.0253. The summed E-state index contributed by atoms with van der Waals surface area (Å²) < 4.78 is 3.02. The molecule has 1 aliphatic rings. The zero-order valence-corrected chi connectivity index (χ0v) is 19.0. The lowest BCUT2D eigenvalue weighted by Crippen LogP contribution is -2.48. The molecule has 0 aliphatic carbocycles. The molecule has 2 aromatic carbocycles. The van der Waals surface area contributed by atoms with Crippen molar-refractivity contribution in [3.63, 3.8) is 0 Å². The number of carbonyl (C=O) groups excluding carboxylic acids is 1. The predicted octanol–water partition coefficient (Wildman–Crippen LogP) is 4.71. The molecule has 0 saturated carbocycles. The Balaban J connectivity index is 1.35. The van der Waals surface area contributed by atoms with Gasteiger partial charge in [-0.1, -0.05) is 46.7 Å². The normalized spacial score (nSPS) is 14.4. The van der Waals surface area contributed by atoms with Gasteiger partial charge < -0.3 is 9.80 Å². The first-order chi connectivity index (χ1) is 15.0. The number of thiazole rings is 1. The number of hydrogen-bond donors (Lipinski definition) is 0. The standard InChI is InChI=1S/C23H22ClN5OS/c1-15-6-8-19(9-7-15)29-21-20(16(2)26-29)31-23(25-21)28-12-10-27(11-13-28)22(30)17-4-3-5-18(24)14-17/h3-9,14H,10-13H2,1-2H3. The van der Waals surface area contributed by atoms with Crippen LogP contribution in [0, 0.1) is 13.8 Å². The van der Waals surface area contributed by atoms with Crippen molar-refractivity contribution in [3.8, 4) is 5.69 Å². The van der Waals surface area contributed by atoms with E-state index >= 15 is 0 Å². The summed E-state index contributed by atoms with van der Waals surface area (Å²) in [7, 11) is 0. The summed E-state index contributed by atoms with van der Waals surface area (Å²) in [4.78, 5) is 21.8. The van der Waals surface area contributed by atoms with Gasteiger partial charge in [0.2, 0.25) is 0 Å². The Hall–Kier alpha value is -2.90. The van der Waals surface area contributed by atoms with Gasteiger partial charge in [0.15, 0.2) is 10.8 Å². The van der Waals surface area contributed by atoms with Gasteiger partial charge in [-0.15, -0.1) is 0 Å². The average Bonchev–Trinajstić information content (AvgIpc) is 3.35. The summed E-state index contributed by atoms with van der Waals surface area (Å²) in [6.07, 6.45) is 0. The van der Waals surface area contributed by atoms with Gasteiger partial charge in [0.25, 0.3) is 5.91 Å². The third-order valence-electron chi connectivity index (χ3n) is 5.56. The molecular weight excluding hydrogens is 430 g/mol. The summed E-state index contributed by atoms with van der Waals surface area (Å²) in [5.74, 6) is 0.0253. The lowest BCUT2D eigenvalue weighted by Gasteiger charge is -2.34. The van der Waals surface area contributed by atoms with E-state index in [1.54, 1.807) is 23.5 Å². The van der Waals surface area contributed by atoms with Crippen molar-refractivity contribution in [2.75, 3.05) is 31.1 Å². The number of halogens is 1. The van der Waals surface area contributed by atoms with Gasteiger partial charge in [0.1, 0.15) is 0 Å². The molecule has 0 unspecified atom stereocenters. The number of benzene rings is 2. The topological polar surface area (TPSA) is 54.3 Å². The Morgan fingerprint density at radius 2 is 1.77 bits per heavy atom. The summed E-state index contributed by atoms with van der Waals surface area (Å²) in [6, 6.07) is 15.4. The number of piperazine rings is 1. The quantitative estimate of drug-likeness (QED) is 0.452. The van der Waals surface area contributed by atoms with Crippen LogP contribution in [0.2, 0.25) is 5.02 Å². The van der Waals surface area contributed by atoms with E-state index in [0.29, 0.717) is 23.7 Å². The van der Waals surface area contributed by atoms with Crippen LogP contribution in [0.15, 0.2) is 48.5 Å². The number of anilines is 1. The molecule has 31 heavy (non-hydrogen) atoms. The lowest BCUT2D eigenvalue weighted by molar-refractivity contribution is 0.0747. The third-order valence-corrected chi connectivity index (χ3v) is 7.01. The molecule has 4 aromatic rings. The zero-order valence-electron chi connectivity index (χ0n) is 17.4. The molecule has 6 nitrogen and oxygen atoms in total. The fourth-order valence-corrected chi connectivity index (χ4v) is 5.06. The van der Waals surface area contributed by atoms with Crippen LogP contribution >= 0.6 is 22.9 Å². The highest BCUT2D eigenvalue weighted by atomic mass is 35.5. The van der Waals surface area contributed by atoms with E-state index in [2.05, 4.69) is 36.1 Å². The van der Waals surface area contributed by atoms with E-state index < -0.39 is 0 Å². The summed E-state index contributed by atoms with van der Waals surface area (Å²) >= 11 is 7.71. The van der Waals surface area contributed by atoms with Crippen molar-refractivity contribution in [3.05, 3.63) is 70.4 Å². The zero-order chi connectivity index (χ0) is 21.5. The van der Waals surface area contributed by atoms with Crippen LogP contribution in [0.5, 0.6) is 0 Å². The molecule has 0 N–H and O–H groups in total. The van der Waals surface area contributed by atoms with Crippen LogP contribution in [0.25, 0.3) is 16.0 Å². The molecule has 1 amide bonds. The fourth-order valence-electron chi connectivity index (χ4n) is 3.83. The van der Waals surface area contributed by atoms with E-state index in [1.807, 2.05) is 28.6 Å². The Labute approximate surface area is 189 Å². The van der Waals surface area contributed by atoms with Crippen LogP contribution in [0.4, 0.5) is 5.13 Å². The minimum atomic E-state index is 0.0253. The number of aryl methyl sites for hydroxylation is 2. The van der Waals surface area contributed by atoms with Gasteiger partial charge in [0, 0.05) is 36.8 Å². The highest BCUT2D eigenvalue weighted by Gasteiger charge is 2.25. The first kappa shape index (κ1) is 20.0. The van der Waals surface area contributed by atoms with Gasteiger partial charge in [0.05, 0.1) is 16.1 Å². The molecule has 0 bridgehead atoms. The maximum absolute atomic E-state index is 12.8. The van der Waals surface area contributed by atoms with Gasteiger partial charge in [-0.2, -0.15) is 10.1 Å². The first-order valence-electron chi connectivity index (χ1n) is 10.2. The number of carbonyl (C=O) groups is 1. The molecule has 1 aliphatic heterocycles. The second-order valence-corrected chi connectivity index (χ2v) is 9.19. The van der Waals surface area contributed by atoms with Crippen LogP contribution in [-0.2, 0) is 0 Å². The van der Waals surface area contributed by atoms with Gasteiger partial charge in [-0.05, 0) is 44.2 Å². The Bertz CT molecular complexity index is 1250. The predicted molar refractivity (Wildman–Crippen MR) is 126 cm³/mol. The number of fused-ring (bicyclic) bond motifs is 1. The summed E-state index contributed by atoms with van der Waals surface area (Å²) in [5.41, 5.74) is 4.73. The lowest BCUT2D eigenvalue weighted by atomic mass is 10.2. The third kappa shape index (κ3) is 3.79. The molecule has 3 heterocycles. The fraction of sp³-hybridized carbons (Fsp3) is 0.261. The molecule has 1 saturated heterocycles. The number of rotatable bonds is 3. The maximum Gasteiger partial charge on any atom is 0.254 e. The van der Waals surface area contributed by atoms with Crippen LogP contribution < -0.4 is 4.90 Å². The van der Waals surface area contributed by atoms with Crippen LogP contribution in [0.3, 0.4) is 0 Å². The van der Waals surface area contributed by atoms with Crippen molar-refractivity contribution in [1.29, 1.82) is 0 Å². The molecule has 5 rings (SSSR count). The molecule has 2 aromatic heterocycles. The SMILES string of the molecule is Cc1ccc(-n2nc(C)c3sc(N4CCN(C(=O)c5cccc(Cl)c5)CC4)nc32)cc1. The van der Waals surface area contributed by atoms with Crippen molar-refractivity contribution in [2.45, 2.75) is 13.8 Å². The van der Waals surface area contributed by atoms with Crippen molar-refractivity contribution >= 4 is 44.3 Å². The number of hydrogen-bond acceptors (Lipinski definition) is 5. The summed E-state index contributed by atoms with van der Waals surface area (Å²) in [5, 5.41) is 6.25. The molecule has 0 spiro atoms. The largest absolute Gasteiger partial charge is 0.344 e. The monoisotopic (exact) mass is 451 g/mol. The Kier molecular flexibility index (Phi) is 5.16. The molecular formula is C23H22ClN5OS. The van der Waals surface area contributed by atoms with Crippen molar-refractivity contribution in [2.24, 2.45) is 0 Å². The molecule has 8 heteroatoms. The van der Waals surface area contributed by atoms with E-state index in [9.17, 15) is 4.79 Å². The Morgan fingerprint density at radius 1 is 1.03 bits per heavy atom.